The minimum Gasteiger partial charge on any atom is -0.290 e. The van der Waals surface area contributed by atoms with E-state index in [-0.39, 0.29) is 5.78 Å². The van der Waals surface area contributed by atoms with E-state index in [0.29, 0.717) is 0 Å². The first-order valence-electron chi connectivity index (χ1n) is 4.54. The third-order valence-corrected chi connectivity index (χ3v) is 1.64. The van der Waals surface area contributed by atoms with E-state index in [0.717, 1.165) is 6.42 Å². The third kappa shape index (κ3) is 5.90. The first-order chi connectivity index (χ1) is 5.70. The number of rotatable bonds is 5. The van der Waals surface area contributed by atoms with Crippen molar-refractivity contribution in [2.45, 2.75) is 40.0 Å². The fourth-order valence-corrected chi connectivity index (χ4v) is 0.983. The largest absolute Gasteiger partial charge is 0.290 e. The smallest absolute Gasteiger partial charge is 0.178 e. The van der Waals surface area contributed by atoms with Crippen LogP contribution in [0.5, 0.6) is 0 Å². The maximum absolute atomic E-state index is 11.1. The summed E-state index contributed by atoms with van der Waals surface area (Å²) in [5, 5.41) is 0. The quantitative estimate of drug-likeness (QED) is 0.573. The van der Waals surface area contributed by atoms with Gasteiger partial charge in [-0.25, -0.2) is 0 Å². The molecule has 0 fully saturated rings. The van der Waals surface area contributed by atoms with Crippen molar-refractivity contribution in [2.75, 3.05) is 0 Å². The van der Waals surface area contributed by atoms with Crippen LogP contribution in [0.15, 0.2) is 23.8 Å². The van der Waals surface area contributed by atoms with E-state index in [1.165, 1.54) is 18.4 Å². The molecule has 0 unspecified atom stereocenters. The molecule has 68 valence electrons. The SMILES string of the molecule is C/C=C/C(=O)C=C(C)CCCC. The molecule has 1 nitrogen and oxygen atoms in total. The van der Waals surface area contributed by atoms with Crippen molar-refractivity contribution in [3.05, 3.63) is 23.8 Å². The molecular weight excluding hydrogens is 148 g/mol. The second-order valence-corrected chi connectivity index (χ2v) is 3.00. The summed E-state index contributed by atoms with van der Waals surface area (Å²) in [5.41, 5.74) is 1.18. The Kier molecular flexibility index (Phi) is 6.35. The molecule has 0 amide bonds. The Hall–Kier alpha value is -0.850. The van der Waals surface area contributed by atoms with Gasteiger partial charge in [0.2, 0.25) is 0 Å². The molecule has 1 heteroatoms. The third-order valence-electron chi connectivity index (χ3n) is 1.64. The van der Waals surface area contributed by atoms with Gasteiger partial charge in [-0.1, -0.05) is 25.0 Å². The van der Waals surface area contributed by atoms with E-state index in [4.69, 9.17) is 0 Å². The lowest BCUT2D eigenvalue weighted by molar-refractivity contribution is -0.110. The van der Waals surface area contributed by atoms with Crippen molar-refractivity contribution in [1.29, 1.82) is 0 Å². The molecule has 0 aromatic carbocycles. The molecule has 0 spiro atoms. The molecule has 0 aliphatic heterocycles. The first-order valence-corrected chi connectivity index (χ1v) is 4.54. The van der Waals surface area contributed by atoms with Crippen LogP contribution in [0.4, 0.5) is 0 Å². The molecule has 0 aromatic heterocycles. The summed E-state index contributed by atoms with van der Waals surface area (Å²) in [6.45, 7) is 6.02. The summed E-state index contributed by atoms with van der Waals surface area (Å²) in [7, 11) is 0. The van der Waals surface area contributed by atoms with Crippen LogP contribution < -0.4 is 0 Å². The second kappa shape index (κ2) is 6.84. The molecule has 0 radical (unpaired) electrons. The lowest BCUT2D eigenvalue weighted by atomic mass is 10.1. The molecule has 0 bridgehead atoms. The first kappa shape index (κ1) is 11.2. The van der Waals surface area contributed by atoms with Crippen LogP contribution in [0.3, 0.4) is 0 Å². The van der Waals surface area contributed by atoms with Crippen molar-refractivity contribution in [3.63, 3.8) is 0 Å². The number of hydrogen-bond acceptors (Lipinski definition) is 1. The highest BCUT2D eigenvalue weighted by molar-refractivity contribution is 5.99. The Morgan fingerprint density at radius 3 is 2.58 bits per heavy atom. The van der Waals surface area contributed by atoms with E-state index in [2.05, 4.69) is 6.92 Å². The number of allylic oxidation sites excluding steroid dienone is 4. The fourth-order valence-electron chi connectivity index (χ4n) is 0.983. The summed E-state index contributed by atoms with van der Waals surface area (Å²) >= 11 is 0. The molecule has 0 aliphatic rings. The predicted octanol–water partition coefficient (Wildman–Crippen LogP) is 3.27. The van der Waals surface area contributed by atoms with Gasteiger partial charge in [-0.2, -0.15) is 0 Å². The maximum atomic E-state index is 11.1. The highest BCUT2D eigenvalue weighted by Gasteiger charge is 1.92. The summed E-state index contributed by atoms with van der Waals surface area (Å²) in [6.07, 6.45) is 8.48. The van der Waals surface area contributed by atoms with E-state index >= 15 is 0 Å². The number of ketones is 1. The van der Waals surface area contributed by atoms with Gasteiger partial charge >= 0.3 is 0 Å². The Morgan fingerprint density at radius 1 is 1.42 bits per heavy atom. The van der Waals surface area contributed by atoms with Crippen LogP contribution in [0.1, 0.15) is 40.0 Å². The summed E-state index contributed by atoms with van der Waals surface area (Å²) in [5.74, 6) is 0.103. The van der Waals surface area contributed by atoms with Crippen molar-refractivity contribution in [1.82, 2.24) is 0 Å². The van der Waals surface area contributed by atoms with Crippen LogP contribution in [0.2, 0.25) is 0 Å². The zero-order valence-corrected chi connectivity index (χ0v) is 8.26. The standard InChI is InChI=1S/C11H18O/c1-4-6-8-10(3)9-11(12)7-5-2/h5,7,9H,4,6,8H2,1-3H3/b7-5+,10-9?. The Morgan fingerprint density at radius 2 is 2.08 bits per heavy atom. The Balaban J connectivity index is 3.89. The lowest BCUT2D eigenvalue weighted by Crippen LogP contribution is -1.88. The highest BCUT2D eigenvalue weighted by Crippen LogP contribution is 2.05. The van der Waals surface area contributed by atoms with Gasteiger partial charge in [0.05, 0.1) is 0 Å². The molecule has 0 saturated heterocycles. The van der Waals surface area contributed by atoms with Gasteiger partial charge in [0.25, 0.3) is 0 Å². The highest BCUT2D eigenvalue weighted by atomic mass is 16.1. The Labute approximate surface area is 75.2 Å². The van der Waals surface area contributed by atoms with E-state index in [9.17, 15) is 4.79 Å². The van der Waals surface area contributed by atoms with Crippen LogP contribution in [0, 0.1) is 0 Å². The van der Waals surface area contributed by atoms with Crippen molar-refractivity contribution in [2.24, 2.45) is 0 Å². The average Bonchev–Trinajstić information content (AvgIpc) is 2.01. The molecule has 0 aromatic rings. The number of carbonyl (C=O) groups is 1. The summed E-state index contributed by atoms with van der Waals surface area (Å²) in [4.78, 5) is 11.1. The van der Waals surface area contributed by atoms with Crippen LogP contribution in [-0.2, 0) is 4.79 Å². The van der Waals surface area contributed by atoms with Gasteiger partial charge in [-0.15, -0.1) is 0 Å². The minimum absolute atomic E-state index is 0.103. The molecule has 0 heterocycles. The molecule has 0 aliphatic carbocycles. The van der Waals surface area contributed by atoms with E-state index in [1.54, 1.807) is 18.2 Å². The average molecular weight is 166 g/mol. The zero-order valence-electron chi connectivity index (χ0n) is 8.26. The number of carbonyl (C=O) groups excluding carboxylic acids is 1. The zero-order chi connectivity index (χ0) is 9.40. The summed E-state index contributed by atoms with van der Waals surface area (Å²) < 4.78 is 0. The van der Waals surface area contributed by atoms with Gasteiger partial charge in [0.1, 0.15) is 0 Å². The van der Waals surface area contributed by atoms with Gasteiger partial charge in [-0.3, -0.25) is 4.79 Å². The van der Waals surface area contributed by atoms with Gasteiger partial charge < -0.3 is 0 Å². The molecule has 0 saturated carbocycles. The van der Waals surface area contributed by atoms with Gasteiger partial charge in [-0.05, 0) is 38.8 Å². The molecule has 12 heavy (non-hydrogen) atoms. The number of hydrogen-bond donors (Lipinski definition) is 0. The maximum Gasteiger partial charge on any atom is 0.178 e. The van der Waals surface area contributed by atoms with Crippen LogP contribution >= 0.6 is 0 Å². The normalized spacial score (nSPS) is 12.4. The minimum atomic E-state index is 0.103. The molecular formula is C11H18O. The Bertz CT molecular complexity index is 187. The molecule has 0 atom stereocenters. The van der Waals surface area contributed by atoms with Crippen LogP contribution in [0.25, 0.3) is 0 Å². The van der Waals surface area contributed by atoms with Gasteiger partial charge in [0.15, 0.2) is 5.78 Å². The topological polar surface area (TPSA) is 17.1 Å². The molecule has 0 N–H and O–H groups in total. The van der Waals surface area contributed by atoms with E-state index < -0.39 is 0 Å². The van der Waals surface area contributed by atoms with Crippen LogP contribution in [-0.4, -0.2) is 5.78 Å². The van der Waals surface area contributed by atoms with Crippen molar-refractivity contribution < 1.29 is 4.79 Å². The van der Waals surface area contributed by atoms with E-state index in [1.807, 2.05) is 13.8 Å². The predicted molar refractivity (Wildman–Crippen MR) is 53.1 cm³/mol. The molecule has 0 rings (SSSR count). The number of unbranched alkanes of at least 4 members (excludes halogenated alkanes) is 1. The fraction of sp³-hybridized carbons (Fsp3) is 0.545. The second-order valence-electron chi connectivity index (χ2n) is 3.00. The monoisotopic (exact) mass is 166 g/mol. The lowest BCUT2D eigenvalue weighted by Gasteiger charge is -1.96. The summed E-state index contributed by atoms with van der Waals surface area (Å²) in [6, 6.07) is 0. The van der Waals surface area contributed by atoms with Crippen molar-refractivity contribution in [3.8, 4) is 0 Å². The van der Waals surface area contributed by atoms with Crippen molar-refractivity contribution >= 4 is 5.78 Å². The van der Waals surface area contributed by atoms with Gasteiger partial charge in [0, 0.05) is 0 Å².